The summed E-state index contributed by atoms with van der Waals surface area (Å²) in [6.45, 7) is 3.00. The highest BCUT2D eigenvalue weighted by molar-refractivity contribution is 8.00. The molecule has 22 heteroatoms. The van der Waals surface area contributed by atoms with Crippen LogP contribution in [0.2, 0.25) is 0 Å². The molecule has 2 aliphatic heterocycles. The van der Waals surface area contributed by atoms with Gasteiger partial charge in [0.25, 0.3) is 10.1 Å². The van der Waals surface area contributed by atoms with Gasteiger partial charge in [-0.2, -0.15) is 31.9 Å². The Morgan fingerprint density at radius 2 is 1.85 bits per heavy atom. The molecule has 0 bridgehead atoms. The van der Waals surface area contributed by atoms with Crippen LogP contribution in [0.5, 0.6) is 0 Å². The summed E-state index contributed by atoms with van der Waals surface area (Å²) in [7, 11) is -4.79. The number of rotatable bonds is 24. The van der Waals surface area contributed by atoms with Crippen LogP contribution < -0.4 is 21.3 Å². The van der Waals surface area contributed by atoms with E-state index in [1.54, 1.807) is 17.4 Å². The zero-order valence-electron chi connectivity index (χ0n) is 33.6. The van der Waals surface area contributed by atoms with Gasteiger partial charge in [0.2, 0.25) is 23.6 Å². The van der Waals surface area contributed by atoms with Crippen LogP contribution in [0.1, 0.15) is 50.9 Å². The molecule has 0 aliphatic carbocycles. The molecule has 2 aromatic rings. The predicted octanol–water partition coefficient (Wildman–Crippen LogP) is 2.14. The van der Waals surface area contributed by atoms with Gasteiger partial charge in [-0.25, -0.2) is 18.2 Å². The molecule has 0 spiro atoms. The normalized spacial score (nSPS) is 18.6. The van der Waals surface area contributed by atoms with Gasteiger partial charge in [0.05, 0.1) is 29.3 Å². The molecule has 5 unspecified atom stereocenters. The lowest BCUT2D eigenvalue weighted by atomic mass is 9.88. The number of hydrogen-bond acceptors (Lipinski definition) is 12. The molecule has 3 heterocycles. The highest BCUT2D eigenvalue weighted by Gasteiger charge is 2.40. The number of halogens is 3. The second-order valence-electron chi connectivity index (χ2n) is 14.6. The van der Waals surface area contributed by atoms with Crippen molar-refractivity contribution in [2.24, 2.45) is 11.8 Å². The van der Waals surface area contributed by atoms with Gasteiger partial charge in [-0.05, 0) is 49.6 Å². The maximum absolute atomic E-state index is 15.2. The number of aromatic nitrogens is 2. The number of thioether (sulfide) groups is 2. The first kappa shape index (κ1) is 49.0. The fourth-order valence-corrected chi connectivity index (χ4v) is 9.13. The molecule has 0 saturated carbocycles. The van der Waals surface area contributed by atoms with E-state index in [1.807, 2.05) is 11.5 Å². The third-order valence-electron chi connectivity index (χ3n) is 10.3. The molecule has 2 aliphatic rings. The third-order valence-corrected chi connectivity index (χ3v) is 13.3. The number of aryl methyl sites for hydroxylation is 1. The Kier molecular flexibility index (Phi) is 19.6. The molecular weight excluding hydrogens is 852 g/mol. The lowest BCUT2D eigenvalue weighted by molar-refractivity contribution is -0.134. The molecule has 4 rings (SSSR count). The van der Waals surface area contributed by atoms with Crippen LogP contribution in [0.4, 0.5) is 13.2 Å². The summed E-state index contributed by atoms with van der Waals surface area (Å²) in [6.07, 6.45) is 3.29. The topological polar surface area (TPSA) is 218 Å². The highest BCUT2D eigenvalue weighted by atomic mass is 32.2. The highest BCUT2D eigenvalue weighted by Crippen LogP contribution is 2.38. The van der Waals surface area contributed by atoms with E-state index in [9.17, 15) is 41.3 Å². The van der Waals surface area contributed by atoms with E-state index in [4.69, 9.17) is 9.72 Å². The van der Waals surface area contributed by atoms with Gasteiger partial charge in [-0.1, -0.05) is 6.92 Å². The van der Waals surface area contributed by atoms with Crippen LogP contribution in [0.25, 0.3) is 11.3 Å². The van der Waals surface area contributed by atoms with E-state index in [0.29, 0.717) is 57.7 Å². The van der Waals surface area contributed by atoms with Gasteiger partial charge in [-0.3, -0.25) is 23.7 Å². The van der Waals surface area contributed by atoms with Gasteiger partial charge in [-0.15, -0.1) is 0 Å². The summed E-state index contributed by atoms with van der Waals surface area (Å²) in [4.78, 5) is 68.7. The molecule has 16 nitrogen and oxygen atoms in total. The van der Waals surface area contributed by atoms with Crippen LogP contribution in [0.15, 0.2) is 24.4 Å². The van der Waals surface area contributed by atoms with E-state index in [2.05, 4.69) is 21.3 Å². The molecule has 2 fully saturated rings. The Hall–Kier alpha value is -3.70. The van der Waals surface area contributed by atoms with Crippen LogP contribution in [-0.4, -0.2) is 144 Å². The molecule has 4 amide bonds. The minimum Gasteiger partial charge on any atom is -0.381 e. The number of nitrogens with zero attached hydrogens (tertiary/aromatic N) is 3. The number of alkyl halides is 1. The number of amides is 4. The van der Waals surface area contributed by atoms with Gasteiger partial charge in [0.15, 0.2) is 0 Å². The number of hydrogen-bond donors (Lipinski definition) is 5. The van der Waals surface area contributed by atoms with Crippen molar-refractivity contribution < 1.29 is 54.9 Å². The minimum absolute atomic E-state index is 0.0125. The second kappa shape index (κ2) is 24.1. The maximum Gasteiger partial charge on any atom is 0.270 e. The summed E-state index contributed by atoms with van der Waals surface area (Å²) >= 11 is 2.23. The van der Waals surface area contributed by atoms with E-state index in [1.165, 1.54) is 11.8 Å². The first-order chi connectivity index (χ1) is 28.7. The van der Waals surface area contributed by atoms with E-state index in [0.717, 1.165) is 30.0 Å². The summed E-state index contributed by atoms with van der Waals surface area (Å²) in [5.74, 6) is -3.67. The molecule has 60 heavy (non-hydrogen) atoms. The Morgan fingerprint density at radius 3 is 2.50 bits per heavy atom. The molecular formula is C38H54F3N7O9S3. The van der Waals surface area contributed by atoms with E-state index in [-0.39, 0.29) is 67.2 Å². The number of benzene rings is 1. The van der Waals surface area contributed by atoms with Crippen molar-refractivity contribution in [1.82, 2.24) is 35.7 Å². The molecule has 1 aromatic heterocycles. The molecule has 0 radical (unpaired) electrons. The zero-order chi connectivity index (χ0) is 43.8. The van der Waals surface area contributed by atoms with Gasteiger partial charge < -0.3 is 40.3 Å². The summed E-state index contributed by atoms with van der Waals surface area (Å²) in [5.41, 5.74) is 0.178. The first-order valence-corrected chi connectivity index (χ1v) is 23.7. The Morgan fingerprint density at radius 1 is 1.12 bits per heavy atom. The first-order valence-electron chi connectivity index (χ1n) is 19.7. The van der Waals surface area contributed by atoms with Gasteiger partial charge >= 0.3 is 0 Å². The predicted molar refractivity (Wildman–Crippen MR) is 221 cm³/mol. The minimum atomic E-state index is -4.79. The maximum atomic E-state index is 15.2. The SMILES string of the molecule is CCCn1cc(-c2cc(F)ccc2F)nc1C(C1CCOCC1)N(CC1CNCC1F)C(=O)CSCCNC(=O)CC(CNC(=O)CC(SC)C(=O)NCC=O)S(=O)(=O)O. The van der Waals surface area contributed by atoms with E-state index < -0.39 is 81.1 Å². The Bertz CT molecular complexity index is 1890. The van der Waals surface area contributed by atoms with Crippen LogP contribution in [0.3, 0.4) is 0 Å². The quantitative estimate of drug-likeness (QED) is 0.0581. The summed E-state index contributed by atoms with van der Waals surface area (Å²) in [5, 5.41) is 7.72. The summed E-state index contributed by atoms with van der Waals surface area (Å²) in [6, 6.07) is 2.47. The van der Waals surface area contributed by atoms with Gasteiger partial charge in [0, 0.05) is 88.8 Å². The fourth-order valence-electron chi connectivity index (χ4n) is 7.12. The molecule has 5 atom stereocenters. The van der Waals surface area contributed by atoms with Gasteiger partial charge in [0.1, 0.15) is 35.2 Å². The number of aldehydes is 1. The van der Waals surface area contributed by atoms with Crippen LogP contribution in [-0.2, 0) is 45.4 Å². The lowest BCUT2D eigenvalue weighted by Crippen LogP contribution is -2.46. The van der Waals surface area contributed by atoms with Crippen molar-refractivity contribution in [3.05, 3.63) is 41.9 Å². The van der Waals surface area contributed by atoms with E-state index >= 15 is 8.78 Å². The molecule has 2 saturated heterocycles. The second-order valence-corrected chi connectivity index (χ2v) is 18.4. The summed E-state index contributed by atoms with van der Waals surface area (Å²) < 4.78 is 85.9. The molecule has 5 N–H and O–H groups in total. The Labute approximate surface area is 356 Å². The molecule has 334 valence electrons. The van der Waals surface area contributed by atoms with Crippen LogP contribution >= 0.6 is 23.5 Å². The average Bonchev–Trinajstić information content (AvgIpc) is 3.83. The number of imidazole rings is 1. The monoisotopic (exact) mass is 905 g/mol. The molecule has 1 aromatic carbocycles. The number of nitrogens with one attached hydrogen (secondary N) is 4. The van der Waals surface area contributed by atoms with Crippen molar-refractivity contribution in [2.45, 2.75) is 68.3 Å². The van der Waals surface area contributed by atoms with Crippen LogP contribution in [0, 0.1) is 23.5 Å². The van der Waals surface area contributed by atoms with Crippen molar-refractivity contribution in [2.75, 3.05) is 70.2 Å². The number of carbonyl (C=O) groups is 5. The fraction of sp³-hybridized carbons (Fsp3) is 0.632. The average molecular weight is 906 g/mol. The van der Waals surface area contributed by atoms with Crippen molar-refractivity contribution in [3.8, 4) is 11.3 Å². The van der Waals surface area contributed by atoms with Crippen molar-refractivity contribution >= 4 is 63.6 Å². The number of ether oxygens (including phenoxy) is 1. The van der Waals surface area contributed by atoms with Crippen molar-refractivity contribution in [3.63, 3.8) is 0 Å². The Balaban J connectivity index is 1.44. The van der Waals surface area contributed by atoms with Crippen molar-refractivity contribution in [1.29, 1.82) is 0 Å². The lowest BCUT2D eigenvalue weighted by Gasteiger charge is -2.40. The zero-order valence-corrected chi connectivity index (χ0v) is 36.0. The largest absolute Gasteiger partial charge is 0.381 e. The number of carbonyl (C=O) groups excluding carboxylic acids is 5. The third kappa shape index (κ3) is 14.5. The standard InChI is InChI=1S/C38H54F3N7O9S3/c1-3-10-47-22-31(28-15-26(39)4-5-29(28)40)46-37(47)36(24-6-12-57-13-7-24)48(21-25-18-42-20-30(25)41)35(52)23-59-14-9-43-33(50)16-27(60(54,55)56)19-45-34(51)17-32(58-2)38(53)44-8-11-49/h4-5,11,15,22,24-25,27,30,32,36,42H,3,6-10,12-14,16-21,23H2,1-2H3,(H,43,50)(H,44,53)(H,45,51)(H,54,55,56). The smallest absolute Gasteiger partial charge is 0.270 e.